The van der Waals surface area contributed by atoms with Crippen molar-refractivity contribution in [3.05, 3.63) is 42.5 Å². The fourth-order valence-electron chi connectivity index (χ4n) is 1.87. The summed E-state index contributed by atoms with van der Waals surface area (Å²) >= 11 is 0. The Balaban J connectivity index is 1.79. The smallest absolute Gasteiger partial charge is 0.406 e. The first kappa shape index (κ1) is 16.8. The van der Waals surface area contributed by atoms with Crippen molar-refractivity contribution in [3.8, 4) is 5.75 Å². The molecule has 0 fully saturated rings. The van der Waals surface area contributed by atoms with Gasteiger partial charge in [0.1, 0.15) is 24.4 Å². The van der Waals surface area contributed by atoms with Crippen molar-refractivity contribution in [1.29, 1.82) is 0 Å². The molecule has 1 N–H and O–H groups in total. The van der Waals surface area contributed by atoms with E-state index in [-0.39, 0.29) is 11.7 Å². The fourth-order valence-corrected chi connectivity index (χ4v) is 1.87. The van der Waals surface area contributed by atoms with Crippen LogP contribution in [0.15, 0.2) is 36.9 Å². The monoisotopic (exact) mass is 328 g/mol. The summed E-state index contributed by atoms with van der Waals surface area (Å²) in [5.74, 6) is -0.488. The summed E-state index contributed by atoms with van der Waals surface area (Å²) in [6.45, 7) is 2.05. The van der Waals surface area contributed by atoms with Crippen LogP contribution in [0, 0.1) is 0 Å². The zero-order valence-electron chi connectivity index (χ0n) is 12.2. The second kappa shape index (κ2) is 7.12. The van der Waals surface area contributed by atoms with Crippen molar-refractivity contribution >= 4 is 5.91 Å². The van der Waals surface area contributed by atoms with Crippen LogP contribution in [-0.4, -0.2) is 33.6 Å². The number of halogens is 3. The van der Waals surface area contributed by atoms with Gasteiger partial charge >= 0.3 is 6.36 Å². The molecule has 0 spiro atoms. The van der Waals surface area contributed by atoms with Gasteiger partial charge in [-0.15, -0.1) is 13.2 Å². The summed E-state index contributed by atoms with van der Waals surface area (Å²) in [4.78, 5) is 15.7. The molecule has 6 nitrogen and oxygen atoms in total. The number of amides is 1. The summed E-state index contributed by atoms with van der Waals surface area (Å²) in [6, 6.07) is 5.04. The lowest BCUT2D eigenvalue weighted by Gasteiger charge is -2.12. The molecular weight excluding hydrogens is 313 g/mol. The van der Waals surface area contributed by atoms with Gasteiger partial charge in [0.15, 0.2) is 0 Å². The van der Waals surface area contributed by atoms with Crippen LogP contribution in [0.1, 0.15) is 18.5 Å². The molecule has 1 aromatic carbocycles. The van der Waals surface area contributed by atoms with Crippen LogP contribution in [0.5, 0.6) is 5.75 Å². The van der Waals surface area contributed by atoms with Gasteiger partial charge in [0, 0.05) is 6.54 Å². The van der Waals surface area contributed by atoms with E-state index in [0.717, 1.165) is 5.56 Å². The number of alkyl halides is 3. The molecule has 124 valence electrons. The summed E-state index contributed by atoms with van der Waals surface area (Å²) in [6.07, 6.45) is -1.42. The first-order chi connectivity index (χ1) is 10.8. The summed E-state index contributed by atoms with van der Waals surface area (Å²) in [5.41, 5.74) is 0.785. The Morgan fingerprint density at radius 1 is 1.35 bits per heavy atom. The topological polar surface area (TPSA) is 69.0 Å². The second-order valence-corrected chi connectivity index (χ2v) is 4.78. The van der Waals surface area contributed by atoms with E-state index in [1.54, 1.807) is 6.92 Å². The van der Waals surface area contributed by atoms with Crippen molar-refractivity contribution in [3.63, 3.8) is 0 Å². The zero-order chi connectivity index (χ0) is 16.9. The minimum absolute atomic E-state index is 0.215. The van der Waals surface area contributed by atoms with Crippen LogP contribution >= 0.6 is 0 Å². The highest BCUT2D eigenvalue weighted by molar-refractivity contribution is 5.79. The average molecular weight is 328 g/mol. The summed E-state index contributed by atoms with van der Waals surface area (Å²) in [5, 5.41) is 6.61. The van der Waals surface area contributed by atoms with E-state index in [1.165, 1.54) is 41.6 Å². The lowest BCUT2D eigenvalue weighted by molar-refractivity contribution is -0.274. The van der Waals surface area contributed by atoms with E-state index in [1.807, 2.05) is 0 Å². The van der Waals surface area contributed by atoms with E-state index in [9.17, 15) is 18.0 Å². The van der Waals surface area contributed by atoms with Crippen LogP contribution in [0.25, 0.3) is 0 Å². The number of carbonyl (C=O) groups is 1. The van der Waals surface area contributed by atoms with Gasteiger partial charge in [0.05, 0.1) is 0 Å². The molecule has 2 rings (SSSR count). The molecule has 0 aliphatic carbocycles. The molecule has 0 radical (unpaired) electrons. The maximum absolute atomic E-state index is 12.0. The van der Waals surface area contributed by atoms with Crippen LogP contribution in [0.3, 0.4) is 0 Å². The quantitative estimate of drug-likeness (QED) is 0.882. The van der Waals surface area contributed by atoms with Crippen molar-refractivity contribution in [2.75, 3.05) is 6.54 Å². The van der Waals surface area contributed by atoms with Crippen molar-refractivity contribution < 1.29 is 22.7 Å². The Hall–Kier alpha value is -2.58. The Labute approximate surface area is 130 Å². The highest BCUT2D eigenvalue weighted by Crippen LogP contribution is 2.22. The van der Waals surface area contributed by atoms with Crippen molar-refractivity contribution in [1.82, 2.24) is 20.1 Å². The van der Waals surface area contributed by atoms with Crippen LogP contribution in [0.4, 0.5) is 13.2 Å². The minimum atomic E-state index is -4.70. The van der Waals surface area contributed by atoms with Crippen molar-refractivity contribution in [2.24, 2.45) is 0 Å². The molecule has 9 heteroatoms. The van der Waals surface area contributed by atoms with Gasteiger partial charge in [-0.2, -0.15) is 5.10 Å². The van der Waals surface area contributed by atoms with Gasteiger partial charge in [-0.25, -0.2) is 9.67 Å². The maximum Gasteiger partial charge on any atom is 0.573 e. The number of carbonyl (C=O) groups excluding carboxylic acids is 1. The largest absolute Gasteiger partial charge is 0.573 e. The summed E-state index contributed by atoms with van der Waals surface area (Å²) < 4.78 is 41.3. The number of aromatic nitrogens is 3. The molecule has 23 heavy (non-hydrogen) atoms. The number of ether oxygens (including phenoxy) is 1. The molecule has 0 aliphatic heterocycles. The van der Waals surface area contributed by atoms with E-state index in [4.69, 9.17) is 0 Å². The number of nitrogens with zero attached hydrogens (tertiary/aromatic N) is 3. The molecule has 2 aromatic rings. The minimum Gasteiger partial charge on any atom is -0.406 e. The zero-order valence-corrected chi connectivity index (χ0v) is 12.2. The standard InChI is InChI=1S/C14H15F3N4O2/c1-10(21-9-18-8-20-21)13(22)19-7-6-11-2-4-12(5-3-11)23-14(15,16)17/h2-5,8-10H,6-7H2,1H3,(H,19,22). The lowest BCUT2D eigenvalue weighted by Crippen LogP contribution is -2.32. The number of hydrogen-bond donors (Lipinski definition) is 1. The van der Waals surface area contributed by atoms with Gasteiger partial charge in [-0.3, -0.25) is 4.79 Å². The normalized spacial score (nSPS) is 12.7. The fraction of sp³-hybridized carbons (Fsp3) is 0.357. The van der Waals surface area contributed by atoms with Gasteiger partial charge in [0.2, 0.25) is 5.91 Å². The third-order valence-electron chi connectivity index (χ3n) is 3.08. The molecule has 0 saturated carbocycles. The highest BCUT2D eigenvalue weighted by atomic mass is 19.4. The molecule has 1 unspecified atom stereocenters. The third kappa shape index (κ3) is 5.28. The van der Waals surface area contributed by atoms with E-state index >= 15 is 0 Å². The molecule has 1 atom stereocenters. The molecule has 1 heterocycles. The second-order valence-electron chi connectivity index (χ2n) is 4.78. The number of hydrogen-bond acceptors (Lipinski definition) is 4. The Kier molecular flexibility index (Phi) is 5.20. The van der Waals surface area contributed by atoms with Crippen LogP contribution in [0.2, 0.25) is 0 Å². The molecular formula is C14H15F3N4O2. The number of benzene rings is 1. The SMILES string of the molecule is CC(C(=O)NCCc1ccc(OC(F)(F)F)cc1)n1cncn1. The summed E-state index contributed by atoms with van der Waals surface area (Å²) in [7, 11) is 0. The molecule has 1 amide bonds. The first-order valence-corrected chi connectivity index (χ1v) is 6.81. The Bertz CT molecular complexity index is 626. The number of nitrogens with one attached hydrogen (secondary N) is 1. The lowest BCUT2D eigenvalue weighted by atomic mass is 10.1. The van der Waals surface area contributed by atoms with Crippen molar-refractivity contribution in [2.45, 2.75) is 25.7 Å². The number of rotatable bonds is 6. The average Bonchev–Trinajstić information content (AvgIpc) is 3.01. The predicted molar refractivity (Wildman–Crippen MR) is 74.6 cm³/mol. The van der Waals surface area contributed by atoms with Gasteiger partial charge < -0.3 is 10.1 Å². The molecule has 1 aromatic heterocycles. The van der Waals surface area contributed by atoms with Gasteiger partial charge in [0.25, 0.3) is 0 Å². The Morgan fingerprint density at radius 3 is 2.61 bits per heavy atom. The van der Waals surface area contributed by atoms with Crippen LogP contribution in [-0.2, 0) is 11.2 Å². The van der Waals surface area contributed by atoms with Gasteiger partial charge in [-0.05, 0) is 31.0 Å². The molecule has 0 aliphatic rings. The van der Waals surface area contributed by atoms with E-state index < -0.39 is 12.4 Å². The molecule has 0 bridgehead atoms. The van der Waals surface area contributed by atoms with Gasteiger partial charge in [-0.1, -0.05) is 12.1 Å². The highest BCUT2D eigenvalue weighted by Gasteiger charge is 2.30. The van der Waals surface area contributed by atoms with E-state index in [2.05, 4.69) is 20.1 Å². The third-order valence-corrected chi connectivity index (χ3v) is 3.08. The maximum atomic E-state index is 12.0. The molecule has 0 saturated heterocycles. The predicted octanol–water partition coefficient (Wildman–Crippen LogP) is 2.10. The van der Waals surface area contributed by atoms with E-state index in [0.29, 0.717) is 13.0 Å². The first-order valence-electron chi connectivity index (χ1n) is 6.81. The Morgan fingerprint density at radius 2 is 2.04 bits per heavy atom. The van der Waals surface area contributed by atoms with Crippen LogP contribution < -0.4 is 10.1 Å².